The first-order valence-electron chi connectivity index (χ1n) is 9.06. The molecule has 0 saturated heterocycles. The third-order valence-corrected chi connectivity index (χ3v) is 6.19. The molecule has 3 aromatic rings. The van der Waals surface area contributed by atoms with Gasteiger partial charge in [0.05, 0.1) is 27.0 Å². The molecule has 150 valence electrons. The predicted molar refractivity (Wildman–Crippen MR) is 113 cm³/mol. The molecule has 0 spiro atoms. The molecule has 0 fully saturated rings. The van der Waals surface area contributed by atoms with Crippen molar-refractivity contribution in [3.8, 4) is 34.1 Å². The molecule has 1 amide bonds. The van der Waals surface area contributed by atoms with Crippen LogP contribution in [0, 0.1) is 0 Å². The number of aromatic hydroxyl groups is 1. The molecular formula is C22H21NO5S. The number of anilines is 1. The number of carbonyl (C=O) groups is 1. The summed E-state index contributed by atoms with van der Waals surface area (Å²) in [5.41, 5.74) is 3.62. The first kappa shape index (κ1) is 19.1. The summed E-state index contributed by atoms with van der Waals surface area (Å²) in [6.45, 7) is 0. The highest BCUT2D eigenvalue weighted by Gasteiger charge is 2.31. The van der Waals surface area contributed by atoms with Crippen molar-refractivity contribution in [1.29, 1.82) is 0 Å². The number of thiophene rings is 1. The lowest BCUT2D eigenvalue weighted by molar-refractivity contribution is -0.116. The summed E-state index contributed by atoms with van der Waals surface area (Å²) in [5, 5.41) is 15.0. The number of rotatable bonds is 5. The third kappa shape index (κ3) is 3.38. The molecule has 0 saturated carbocycles. The molecule has 0 aliphatic carbocycles. The van der Waals surface area contributed by atoms with Crippen LogP contribution in [-0.2, 0) is 4.79 Å². The molecule has 7 heteroatoms. The molecule has 2 aromatic carbocycles. The number of phenols is 1. The maximum Gasteiger partial charge on any atom is 0.225 e. The molecular weight excluding hydrogens is 390 g/mol. The van der Waals surface area contributed by atoms with Crippen LogP contribution in [0.15, 0.2) is 41.8 Å². The minimum atomic E-state index is -0.104. The number of ether oxygens (including phenoxy) is 3. The van der Waals surface area contributed by atoms with E-state index in [0.717, 1.165) is 27.3 Å². The van der Waals surface area contributed by atoms with Crippen LogP contribution in [0.5, 0.6) is 23.0 Å². The lowest BCUT2D eigenvalue weighted by atomic mass is 9.89. The van der Waals surface area contributed by atoms with Crippen LogP contribution in [0.4, 0.5) is 5.69 Å². The van der Waals surface area contributed by atoms with Gasteiger partial charge < -0.3 is 24.6 Å². The highest BCUT2D eigenvalue weighted by molar-refractivity contribution is 7.11. The molecule has 6 nitrogen and oxygen atoms in total. The fraction of sp³-hybridized carbons (Fsp3) is 0.227. The van der Waals surface area contributed by atoms with E-state index in [1.54, 1.807) is 37.7 Å². The lowest BCUT2D eigenvalue weighted by Crippen LogP contribution is -2.22. The van der Waals surface area contributed by atoms with E-state index in [1.165, 1.54) is 7.11 Å². The van der Waals surface area contributed by atoms with Gasteiger partial charge in [-0.3, -0.25) is 4.79 Å². The maximum absolute atomic E-state index is 12.5. The van der Waals surface area contributed by atoms with Gasteiger partial charge in [-0.05, 0) is 35.4 Å². The second-order valence-electron chi connectivity index (χ2n) is 6.69. The van der Waals surface area contributed by atoms with Gasteiger partial charge in [-0.15, -0.1) is 11.3 Å². The Morgan fingerprint density at radius 3 is 2.48 bits per heavy atom. The quantitative estimate of drug-likeness (QED) is 0.641. The van der Waals surface area contributed by atoms with Crippen molar-refractivity contribution in [2.24, 2.45) is 0 Å². The maximum atomic E-state index is 12.5. The number of methoxy groups -OCH3 is 3. The van der Waals surface area contributed by atoms with Crippen molar-refractivity contribution < 1.29 is 24.1 Å². The van der Waals surface area contributed by atoms with Crippen molar-refractivity contribution in [3.05, 3.63) is 52.2 Å². The van der Waals surface area contributed by atoms with Crippen LogP contribution >= 0.6 is 11.3 Å². The average Bonchev–Trinajstić information content (AvgIpc) is 3.16. The third-order valence-electron chi connectivity index (χ3n) is 5.09. The summed E-state index contributed by atoms with van der Waals surface area (Å²) >= 11 is 1.60. The zero-order valence-corrected chi connectivity index (χ0v) is 17.1. The molecule has 1 atom stereocenters. The number of carbonyl (C=O) groups excluding carboxylic acids is 1. The van der Waals surface area contributed by atoms with E-state index in [2.05, 4.69) is 5.32 Å². The minimum absolute atomic E-state index is 0.0466. The van der Waals surface area contributed by atoms with Crippen molar-refractivity contribution in [1.82, 2.24) is 0 Å². The molecule has 4 rings (SSSR count). The summed E-state index contributed by atoms with van der Waals surface area (Å²) in [4.78, 5) is 13.6. The normalized spacial score (nSPS) is 15.4. The van der Waals surface area contributed by atoms with E-state index in [1.807, 2.05) is 29.6 Å². The van der Waals surface area contributed by atoms with Crippen molar-refractivity contribution in [2.75, 3.05) is 26.6 Å². The van der Waals surface area contributed by atoms with Gasteiger partial charge in [-0.1, -0.05) is 12.1 Å². The molecule has 1 aliphatic rings. The van der Waals surface area contributed by atoms with E-state index in [9.17, 15) is 9.90 Å². The van der Waals surface area contributed by atoms with Crippen LogP contribution in [0.2, 0.25) is 0 Å². The Kier molecular flexibility index (Phi) is 5.07. The number of phenolic OH excluding ortho intramolecular Hbond substituents is 1. The molecule has 1 aromatic heterocycles. The second-order valence-corrected chi connectivity index (χ2v) is 7.61. The summed E-state index contributed by atoms with van der Waals surface area (Å²) in [5.74, 6) is 1.60. The zero-order chi connectivity index (χ0) is 20.5. The molecule has 1 unspecified atom stereocenters. The van der Waals surface area contributed by atoms with Gasteiger partial charge in [0.15, 0.2) is 23.0 Å². The number of nitrogens with one attached hydrogen (secondary N) is 1. The van der Waals surface area contributed by atoms with Gasteiger partial charge in [-0.2, -0.15) is 0 Å². The van der Waals surface area contributed by atoms with E-state index in [0.29, 0.717) is 23.7 Å². The van der Waals surface area contributed by atoms with Gasteiger partial charge in [0.1, 0.15) is 0 Å². The summed E-state index contributed by atoms with van der Waals surface area (Å²) < 4.78 is 16.0. The Bertz CT molecular complexity index is 1080. The molecule has 0 radical (unpaired) electrons. The molecule has 29 heavy (non-hydrogen) atoms. The average molecular weight is 411 g/mol. The van der Waals surface area contributed by atoms with E-state index >= 15 is 0 Å². The van der Waals surface area contributed by atoms with Gasteiger partial charge in [0, 0.05) is 28.2 Å². The highest BCUT2D eigenvalue weighted by atomic mass is 32.1. The number of benzene rings is 2. The van der Waals surface area contributed by atoms with Gasteiger partial charge in [0.2, 0.25) is 5.91 Å². The highest BCUT2D eigenvalue weighted by Crippen LogP contribution is 2.48. The Labute approximate surface area is 172 Å². The first-order valence-corrected chi connectivity index (χ1v) is 9.94. The number of amides is 1. The van der Waals surface area contributed by atoms with Crippen molar-refractivity contribution in [3.63, 3.8) is 0 Å². The van der Waals surface area contributed by atoms with Gasteiger partial charge in [-0.25, -0.2) is 0 Å². The molecule has 0 bridgehead atoms. The Hall–Kier alpha value is -3.19. The zero-order valence-electron chi connectivity index (χ0n) is 16.3. The molecule has 2 heterocycles. The van der Waals surface area contributed by atoms with Crippen LogP contribution in [0.25, 0.3) is 11.1 Å². The first-order chi connectivity index (χ1) is 14.0. The van der Waals surface area contributed by atoms with Gasteiger partial charge >= 0.3 is 0 Å². The van der Waals surface area contributed by atoms with Crippen LogP contribution in [0.1, 0.15) is 22.8 Å². The fourth-order valence-corrected chi connectivity index (χ4v) is 4.78. The van der Waals surface area contributed by atoms with Crippen molar-refractivity contribution >= 4 is 22.9 Å². The molecule has 2 N–H and O–H groups in total. The predicted octanol–water partition coefficient (Wildman–Crippen LogP) is 4.62. The minimum Gasteiger partial charge on any atom is -0.504 e. The summed E-state index contributed by atoms with van der Waals surface area (Å²) in [6, 6.07) is 10.9. The number of fused-ring (bicyclic) bond motifs is 1. The monoisotopic (exact) mass is 411 g/mol. The Balaban J connectivity index is 1.79. The number of hydrogen-bond acceptors (Lipinski definition) is 6. The molecule has 1 aliphatic heterocycles. The van der Waals surface area contributed by atoms with Crippen molar-refractivity contribution in [2.45, 2.75) is 12.3 Å². The standard InChI is InChI=1S/C22H21NO5S/c1-26-17-7-5-13(9-19(17)28-3)15-11-29-22-14(10-20(25)23-21(15)22)12-4-6-16(24)18(8-12)27-2/h4-9,11,14,24H,10H2,1-3H3,(H,23,25). The number of hydrogen-bond donors (Lipinski definition) is 2. The van der Waals surface area contributed by atoms with E-state index in [-0.39, 0.29) is 17.6 Å². The second kappa shape index (κ2) is 7.67. The van der Waals surface area contributed by atoms with Crippen LogP contribution in [0.3, 0.4) is 0 Å². The fourth-order valence-electron chi connectivity index (χ4n) is 3.62. The summed E-state index contributed by atoms with van der Waals surface area (Å²) in [7, 11) is 4.71. The van der Waals surface area contributed by atoms with Gasteiger partial charge in [0.25, 0.3) is 0 Å². The van der Waals surface area contributed by atoms with E-state index < -0.39 is 0 Å². The summed E-state index contributed by atoms with van der Waals surface area (Å²) in [6.07, 6.45) is 0.340. The van der Waals surface area contributed by atoms with E-state index in [4.69, 9.17) is 14.2 Å². The SMILES string of the molecule is COc1cc(C2CC(=O)Nc3c(-c4ccc(OC)c(OC)c4)csc32)ccc1O. The Morgan fingerprint density at radius 2 is 1.76 bits per heavy atom. The Morgan fingerprint density at radius 1 is 1.00 bits per heavy atom. The topological polar surface area (TPSA) is 77.0 Å². The van der Waals surface area contributed by atoms with Crippen LogP contribution in [-0.4, -0.2) is 32.3 Å². The smallest absolute Gasteiger partial charge is 0.225 e. The largest absolute Gasteiger partial charge is 0.504 e. The van der Waals surface area contributed by atoms with Crippen LogP contribution < -0.4 is 19.5 Å². The lowest BCUT2D eigenvalue weighted by Gasteiger charge is -2.24.